The van der Waals surface area contributed by atoms with E-state index in [1.807, 2.05) is 73.3 Å². The number of ether oxygens (including phenoxy) is 1. The zero-order valence-corrected chi connectivity index (χ0v) is 21.6. The van der Waals surface area contributed by atoms with Crippen molar-refractivity contribution in [1.82, 2.24) is 15.1 Å². The number of hydrogen-bond acceptors (Lipinski definition) is 6. The largest absolute Gasteiger partial charge is 0.494 e. The average Bonchev–Trinajstić information content (AvgIpc) is 2.88. The lowest BCUT2D eigenvalue weighted by molar-refractivity contribution is -0.192. The molecule has 12 heteroatoms. The van der Waals surface area contributed by atoms with Crippen molar-refractivity contribution < 1.29 is 37.4 Å². The highest BCUT2D eigenvalue weighted by molar-refractivity contribution is 5.97. The van der Waals surface area contributed by atoms with Crippen LogP contribution < -0.4 is 15.0 Å². The second kappa shape index (κ2) is 14.2. The van der Waals surface area contributed by atoms with E-state index in [2.05, 4.69) is 5.32 Å². The van der Waals surface area contributed by atoms with E-state index in [0.717, 1.165) is 30.1 Å². The normalized spacial score (nSPS) is 13.2. The maximum atomic E-state index is 13.4. The number of amides is 2. The molecule has 0 spiro atoms. The van der Waals surface area contributed by atoms with Gasteiger partial charge in [-0.1, -0.05) is 18.2 Å². The molecule has 0 aliphatic carbocycles. The summed E-state index contributed by atoms with van der Waals surface area (Å²) in [6.07, 6.45) is -5.08. The molecule has 0 radical (unpaired) electrons. The Morgan fingerprint density at radius 1 is 1.05 bits per heavy atom. The molecule has 0 saturated carbocycles. The molecular formula is C26H33F3N4O5. The Kier molecular flexibility index (Phi) is 11.4. The minimum atomic E-state index is -5.08. The van der Waals surface area contributed by atoms with E-state index in [9.17, 15) is 22.8 Å². The molecule has 3 rings (SSSR count). The van der Waals surface area contributed by atoms with E-state index in [1.165, 1.54) is 0 Å². The fraction of sp³-hybridized carbons (Fsp3) is 0.423. The first kappa shape index (κ1) is 30.4. The van der Waals surface area contributed by atoms with Crippen LogP contribution in [0.2, 0.25) is 0 Å². The van der Waals surface area contributed by atoms with Gasteiger partial charge >= 0.3 is 12.1 Å². The molecule has 2 amide bonds. The van der Waals surface area contributed by atoms with E-state index < -0.39 is 12.1 Å². The summed E-state index contributed by atoms with van der Waals surface area (Å²) in [6.45, 7) is 5.78. The third kappa shape index (κ3) is 9.58. The van der Waals surface area contributed by atoms with Crippen molar-refractivity contribution in [3.63, 3.8) is 0 Å². The Bertz CT molecular complexity index is 1090. The van der Waals surface area contributed by atoms with Gasteiger partial charge in [-0.2, -0.15) is 13.2 Å². The number of carboxylic acid groups (broad SMARTS) is 1. The highest BCUT2D eigenvalue weighted by Gasteiger charge is 2.38. The van der Waals surface area contributed by atoms with Crippen molar-refractivity contribution in [2.24, 2.45) is 0 Å². The minimum absolute atomic E-state index is 0.0282. The Morgan fingerprint density at radius 2 is 1.68 bits per heavy atom. The van der Waals surface area contributed by atoms with Gasteiger partial charge in [0.15, 0.2) is 0 Å². The van der Waals surface area contributed by atoms with Gasteiger partial charge in [0.1, 0.15) is 12.3 Å². The first-order valence-electron chi connectivity index (χ1n) is 12.0. The molecule has 1 saturated heterocycles. The summed E-state index contributed by atoms with van der Waals surface area (Å²) in [7, 11) is 3.88. The maximum Gasteiger partial charge on any atom is 0.490 e. The first-order chi connectivity index (χ1) is 17.9. The standard InChI is InChI=1S/C24H32N4O3.C2HF3O2/c1-4-31-22-10-5-7-19(15-22)17-28(18-23(29)27-13-11-25-12-14-27)24(30)20-8-6-9-21(16-20)26(2)3;3-2(4,5)1(6)7/h5-10,15-16,25H,4,11-14,17-18H2,1-3H3;(H,6,7). The van der Waals surface area contributed by atoms with Crippen LogP contribution in [0.25, 0.3) is 0 Å². The lowest BCUT2D eigenvalue weighted by atomic mass is 10.1. The number of carboxylic acids is 1. The number of benzene rings is 2. The molecule has 0 atom stereocenters. The third-order valence-corrected chi connectivity index (χ3v) is 5.52. The van der Waals surface area contributed by atoms with E-state index in [0.29, 0.717) is 31.8 Å². The molecule has 1 heterocycles. The van der Waals surface area contributed by atoms with Gasteiger partial charge in [-0.25, -0.2) is 4.79 Å². The number of alkyl halides is 3. The molecule has 2 aromatic carbocycles. The zero-order valence-electron chi connectivity index (χ0n) is 21.6. The molecule has 0 bridgehead atoms. The fourth-order valence-corrected chi connectivity index (χ4v) is 3.60. The summed E-state index contributed by atoms with van der Waals surface area (Å²) < 4.78 is 37.3. The van der Waals surface area contributed by atoms with E-state index >= 15 is 0 Å². The van der Waals surface area contributed by atoms with Crippen LogP contribution in [0.1, 0.15) is 22.8 Å². The van der Waals surface area contributed by atoms with Gasteiger partial charge in [-0.3, -0.25) is 9.59 Å². The van der Waals surface area contributed by atoms with E-state index in [1.54, 1.807) is 11.0 Å². The molecule has 38 heavy (non-hydrogen) atoms. The number of carbonyl (C=O) groups excluding carboxylic acids is 2. The SMILES string of the molecule is CCOc1cccc(CN(CC(=O)N2CCNCC2)C(=O)c2cccc(N(C)C)c2)c1.O=C(O)C(F)(F)F. The first-order valence-corrected chi connectivity index (χ1v) is 12.0. The van der Waals surface area contributed by atoms with Crippen LogP contribution in [0.3, 0.4) is 0 Å². The van der Waals surface area contributed by atoms with E-state index in [-0.39, 0.29) is 18.4 Å². The Balaban J connectivity index is 0.000000638. The van der Waals surface area contributed by atoms with Gasteiger partial charge < -0.3 is 29.9 Å². The van der Waals surface area contributed by atoms with Gasteiger partial charge in [0.25, 0.3) is 5.91 Å². The number of aliphatic carboxylic acids is 1. The van der Waals surface area contributed by atoms with Crippen molar-refractivity contribution in [2.75, 3.05) is 58.3 Å². The summed E-state index contributed by atoms with van der Waals surface area (Å²) >= 11 is 0. The predicted molar refractivity (Wildman–Crippen MR) is 136 cm³/mol. The summed E-state index contributed by atoms with van der Waals surface area (Å²) in [5, 5.41) is 10.4. The van der Waals surface area contributed by atoms with Crippen molar-refractivity contribution in [3.05, 3.63) is 59.7 Å². The molecule has 2 aromatic rings. The number of piperazine rings is 1. The zero-order chi connectivity index (χ0) is 28.3. The monoisotopic (exact) mass is 538 g/mol. The van der Waals surface area contributed by atoms with Gasteiger partial charge in [0, 0.05) is 58.1 Å². The number of rotatable bonds is 8. The van der Waals surface area contributed by atoms with Gasteiger partial charge in [0.05, 0.1) is 6.61 Å². The van der Waals surface area contributed by atoms with Crippen LogP contribution in [0.15, 0.2) is 48.5 Å². The fourth-order valence-electron chi connectivity index (χ4n) is 3.60. The lowest BCUT2D eigenvalue weighted by Crippen LogP contribution is -2.50. The van der Waals surface area contributed by atoms with Gasteiger partial charge in [0.2, 0.25) is 5.91 Å². The number of nitrogens with one attached hydrogen (secondary N) is 1. The summed E-state index contributed by atoms with van der Waals surface area (Å²) in [6, 6.07) is 15.2. The quantitative estimate of drug-likeness (QED) is 0.533. The van der Waals surface area contributed by atoms with Crippen LogP contribution in [0.4, 0.5) is 18.9 Å². The average molecular weight is 539 g/mol. The van der Waals surface area contributed by atoms with Crippen molar-refractivity contribution in [2.45, 2.75) is 19.6 Å². The minimum Gasteiger partial charge on any atom is -0.494 e. The molecule has 1 aliphatic heterocycles. The van der Waals surface area contributed by atoms with Crippen LogP contribution in [-0.4, -0.2) is 92.3 Å². The van der Waals surface area contributed by atoms with Crippen molar-refractivity contribution in [3.8, 4) is 5.75 Å². The summed E-state index contributed by atoms with van der Waals surface area (Å²) in [5.74, 6) is -2.18. The summed E-state index contributed by atoms with van der Waals surface area (Å²) in [5.41, 5.74) is 2.44. The smallest absolute Gasteiger partial charge is 0.490 e. The maximum absolute atomic E-state index is 13.4. The second-order valence-corrected chi connectivity index (χ2v) is 8.62. The highest BCUT2D eigenvalue weighted by Crippen LogP contribution is 2.19. The molecule has 208 valence electrons. The molecule has 1 aliphatic rings. The Morgan fingerprint density at radius 3 is 2.26 bits per heavy atom. The Hall–Kier alpha value is -3.80. The van der Waals surface area contributed by atoms with Crippen LogP contribution >= 0.6 is 0 Å². The lowest BCUT2D eigenvalue weighted by Gasteiger charge is -2.30. The molecule has 2 N–H and O–H groups in total. The molecular weight excluding hydrogens is 505 g/mol. The summed E-state index contributed by atoms with van der Waals surface area (Å²) in [4.78, 5) is 40.7. The van der Waals surface area contributed by atoms with Crippen LogP contribution in [0.5, 0.6) is 5.75 Å². The molecule has 1 fully saturated rings. The van der Waals surface area contributed by atoms with Crippen molar-refractivity contribution in [1.29, 1.82) is 0 Å². The number of nitrogens with zero attached hydrogens (tertiary/aromatic N) is 3. The Labute approximate surface area is 219 Å². The molecule has 0 unspecified atom stereocenters. The number of carbonyl (C=O) groups is 3. The molecule has 9 nitrogen and oxygen atoms in total. The predicted octanol–water partition coefficient (Wildman–Crippen LogP) is 2.86. The van der Waals surface area contributed by atoms with Crippen molar-refractivity contribution >= 4 is 23.5 Å². The van der Waals surface area contributed by atoms with Crippen LogP contribution in [0, 0.1) is 0 Å². The van der Waals surface area contributed by atoms with E-state index in [4.69, 9.17) is 14.6 Å². The number of halogens is 3. The highest BCUT2D eigenvalue weighted by atomic mass is 19.4. The van der Waals surface area contributed by atoms with Gasteiger partial charge in [-0.15, -0.1) is 0 Å². The molecule has 0 aromatic heterocycles. The topological polar surface area (TPSA) is 102 Å². The van der Waals surface area contributed by atoms with Crippen LogP contribution in [-0.2, 0) is 16.1 Å². The third-order valence-electron chi connectivity index (χ3n) is 5.52. The van der Waals surface area contributed by atoms with Gasteiger partial charge in [-0.05, 0) is 42.8 Å². The number of hydrogen-bond donors (Lipinski definition) is 2. The second-order valence-electron chi connectivity index (χ2n) is 8.62. The number of anilines is 1.